The number of aliphatic hydroxyl groups is 1. The van der Waals surface area contributed by atoms with Crippen molar-refractivity contribution in [1.82, 2.24) is 19.9 Å². The van der Waals surface area contributed by atoms with E-state index in [2.05, 4.69) is 15.3 Å². The maximum atomic E-state index is 14.5. The Morgan fingerprint density at radius 1 is 1.37 bits per heavy atom. The van der Waals surface area contributed by atoms with Crippen molar-refractivity contribution in [3.8, 4) is 11.5 Å². The number of hydrogen-bond donors (Lipinski definition) is 2. The number of nitrogens with zero attached hydrogens (tertiary/aromatic N) is 5. The van der Waals surface area contributed by atoms with Crippen LogP contribution in [0.25, 0.3) is 22.6 Å². The molecule has 0 radical (unpaired) electrons. The van der Waals surface area contributed by atoms with Gasteiger partial charge in [-0.2, -0.15) is 0 Å². The largest absolute Gasteiger partial charge is 0.444 e. The van der Waals surface area contributed by atoms with Gasteiger partial charge in [0.25, 0.3) is 5.69 Å². The van der Waals surface area contributed by atoms with Crippen molar-refractivity contribution in [3.63, 3.8) is 0 Å². The number of halogens is 1. The molecular weight excluding hydrogens is 459 g/mol. The summed E-state index contributed by atoms with van der Waals surface area (Å²) in [5.41, 5.74) is 0.125. The number of nitrogens with one attached hydrogen (secondary N) is 1. The predicted molar refractivity (Wildman–Crippen MR) is 127 cm³/mol. The zero-order valence-corrected chi connectivity index (χ0v) is 19.9. The molecule has 3 heterocycles. The third-order valence-electron chi connectivity index (χ3n) is 5.81. The molecule has 0 bridgehead atoms. The molecular formula is C23H27FN6O5. The minimum Gasteiger partial charge on any atom is -0.444 e. The van der Waals surface area contributed by atoms with E-state index in [0.717, 1.165) is 0 Å². The zero-order valence-electron chi connectivity index (χ0n) is 19.9. The normalized spacial score (nSPS) is 18.2. The van der Waals surface area contributed by atoms with Crippen molar-refractivity contribution < 1.29 is 24.0 Å². The lowest BCUT2D eigenvalue weighted by molar-refractivity contribution is -0.384. The lowest BCUT2D eigenvalue weighted by atomic mass is 10.1. The molecule has 11 nitrogen and oxygen atoms in total. The number of nitro groups is 1. The van der Waals surface area contributed by atoms with Crippen LogP contribution in [0.2, 0.25) is 0 Å². The molecule has 2 atom stereocenters. The van der Waals surface area contributed by atoms with Crippen LogP contribution in [0.1, 0.15) is 27.2 Å². The van der Waals surface area contributed by atoms with Crippen LogP contribution in [0.15, 0.2) is 30.5 Å². The fourth-order valence-electron chi connectivity index (χ4n) is 4.37. The molecule has 0 unspecified atom stereocenters. The molecule has 12 heteroatoms. The monoisotopic (exact) mass is 486 g/mol. The number of nitro benzene ring substituents is 1. The Kier molecular flexibility index (Phi) is 6.32. The van der Waals surface area contributed by atoms with E-state index in [1.165, 1.54) is 24.4 Å². The number of ether oxygens (including phenoxy) is 1. The molecule has 1 amide bonds. The van der Waals surface area contributed by atoms with Crippen molar-refractivity contribution in [1.29, 1.82) is 0 Å². The lowest BCUT2D eigenvalue weighted by Gasteiger charge is -2.25. The number of amides is 1. The van der Waals surface area contributed by atoms with E-state index in [-0.39, 0.29) is 41.6 Å². The van der Waals surface area contributed by atoms with E-state index in [1.54, 1.807) is 43.4 Å². The quantitative estimate of drug-likeness (QED) is 0.415. The number of aliphatic hydroxyl groups excluding tert-OH is 1. The van der Waals surface area contributed by atoms with E-state index in [0.29, 0.717) is 11.9 Å². The first-order valence-corrected chi connectivity index (χ1v) is 11.1. The van der Waals surface area contributed by atoms with Crippen LogP contribution in [0.4, 0.5) is 20.6 Å². The van der Waals surface area contributed by atoms with E-state index >= 15 is 0 Å². The predicted octanol–water partition coefficient (Wildman–Crippen LogP) is 3.15. The van der Waals surface area contributed by atoms with Gasteiger partial charge in [0.15, 0.2) is 11.6 Å². The molecule has 4 rings (SSSR count). The van der Waals surface area contributed by atoms with Crippen molar-refractivity contribution in [2.24, 2.45) is 7.05 Å². The third kappa shape index (κ3) is 4.74. The Labute approximate surface area is 200 Å². The van der Waals surface area contributed by atoms with Gasteiger partial charge in [0, 0.05) is 25.9 Å². The highest BCUT2D eigenvalue weighted by atomic mass is 19.1. The first-order valence-electron chi connectivity index (χ1n) is 11.1. The molecule has 0 saturated carbocycles. The van der Waals surface area contributed by atoms with E-state index in [4.69, 9.17) is 4.74 Å². The molecule has 2 aromatic heterocycles. The highest BCUT2D eigenvalue weighted by Gasteiger charge is 2.38. The number of carbonyl (C=O) groups excluding carboxylic acids is 1. The smallest absolute Gasteiger partial charge is 0.407 e. The highest BCUT2D eigenvalue weighted by molar-refractivity contribution is 5.96. The van der Waals surface area contributed by atoms with Crippen LogP contribution < -0.4 is 10.2 Å². The van der Waals surface area contributed by atoms with Crippen LogP contribution in [0.5, 0.6) is 0 Å². The average Bonchev–Trinajstić information content (AvgIpc) is 3.32. The molecule has 0 aliphatic carbocycles. The van der Waals surface area contributed by atoms with Gasteiger partial charge < -0.3 is 24.6 Å². The summed E-state index contributed by atoms with van der Waals surface area (Å²) in [4.78, 5) is 34.1. The molecule has 1 aliphatic heterocycles. The van der Waals surface area contributed by atoms with E-state index in [1.807, 2.05) is 0 Å². The third-order valence-corrected chi connectivity index (χ3v) is 5.81. The van der Waals surface area contributed by atoms with Crippen molar-refractivity contribution in [2.75, 3.05) is 18.1 Å². The van der Waals surface area contributed by atoms with Gasteiger partial charge in [-0.05, 0) is 45.4 Å². The first kappa shape index (κ1) is 24.3. The van der Waals surface area contributed by atoms with Gasteiger partial charge in [-0.1, -0.05) is 0 Å². The van der Waals surface area contributed by atoms with Gasteiger partial charge in [0.05, 0.1) is 29.1 Å². The Hall–Kier alpha value is -3.80. The first-order chi connectivity index (χ1) is 16.5. The molecule has 0 spiro atoms. The summed E-state index contributed by atoms with van der Waals surface area (Å²) in [6.45, 7) is 5.13. The van der Waals surface area contributed by atoms with Gasteiger partial charge in [-0.15, -0.1) is 0 Å². The Balaban J connectivity index is 1.79. The summed E-state index contributed by atoms with van der Waals surface area (Å²) in [6, 6.07) is 4.70. The standard InChI is InChI=1S/C23H27FN6O5/c1-23(2,3)35-22(32)26-13-10-14(12-31)29(11-13)20-17(30(33)34)8-7-16-19(20)27-21(28(16)4)18-15(24)6-5-9-25-18/h5-9,13-14,31H,10-12H2,1-4H3,(H,26,32)/t13-,14+/m1/s1. The number of pyridine rings is 1. The average molecular weight is 487 g/mol. The second-order valence-corrected chi connectivity index (χ2v) is 9.45. The number of imidazole rings is 1. The molecule has 1 aromatic carbocycles. The minimum absolute atomic E-state index is 0.0180. The number of rotatable bonds is 5. The Bertz CT molecular complexity index is 1290. The Morgan fingerprint density at radius 3 is 2.74 bits per heavy atom. The van der Waals surface area contributed by atoms with Crippen LogP contribution in [0.3, 0.4) is 0 Å². The van der Waals surface area contributed by atoms with Gasteiger partial charge >= 0.3 is 6.09 Å². The number of aromatic nitrogens is 3. The van der Waals surface area contributed by atoms with Crippen LogP contribution in [-0.2, 0) is 11.8 Å². The van der Waals surface area contributed by atoms with Crippen LogP contribution in [-0.4, -0.2) is 61.5 Å². The molecule has 2 N–H and O–H groups in total. The summed E-state index contributed by atoms with van der Waals surface area (Å²) in [5, 5.41) is 24.8. The fourth-order valence-corrected chi connectivity index (χ4v) is 4.37. The number of aryl methyl sites for hydroxylation is 1. The number of fused-ring (bicyclic) bond motifs is 1. The van der Waals surface area contributed by atoms with E-state index in [9.17, 15) is 24.4 Å². The number of hydrogen-bond acceptors (Lipinski definition) is 8. The van der Waals surface area contributed by atoms with Gasteiger partial charge in [-0.3, -0.25) is 10.1 Å². The van der Waals surface area contributed by atoms with Gasteiger partial charge in [-0.25, -0.2) is 19.2 Å². The fraction of sp³-hybridized carbons (Fsp3) is 0.435. The molecule has 3 aromatic rings. The number of benzene rings is 1. The highest BCUT2D eigenvalue weighted by Crippen LogP contribution is 2.40. The minimum atomic E-state index is -0.686. The number of carbonyl (C=O) groups is 1. The summed E-state index contributed by atoms with van der Waals surface area (Å²) < 4.78 is 21.4. The molecule has 1 fully saturated rings. The second kappa shape index (κ2) is 9.10. The number of alkyl carbamates (subject to hydrolysis) is 1. The van der Waals surface area contributed by atoms with Crippen molar-refractivity contribution in [3.05, 3.63) is 46.4 Å². The molecule has 35 heavy (non-hydrogen) atoms. The molecule has 1 aliphatic rings. The van der Waals surface area contributed by atoms with Crippen LogP contribution in [0, 0.1) is 15.9 Å². The topological polar surface area (TPSA) is 136 Å². The SMILES string of the molecule is Cn1c(-c2ncccc2F)nc2c(N3C[C@H](NC(=O)OC(C)(C)C)C[C@H]3CO)c([N+](=O)[O-])ccc21. The van der Waals surface area contributed by atoms with Crippen molar-refractivity contribution >= 4 is 28.5 Å². The summed E-state index contributed by atoms with van der Waals surface area (Å²) in [6.07, 6.45) is 1.17. The number of anilines is 1. The maximum Gasteiger partial charge on any atom is 0.407 e. The van der Waals surface area contributed by atoms with Crippen LogP contribution >= 0.6 is 0 Å². The maximum absolute atomic E-state index is 14.5. The molecule has 186 valence electrons. The second-order valence-electron chi connectivity index (χ2n) is 9.45. The van der Waals surface area contributed by atoms with E-state index < -0.39 is 34.5 Å². The zero-order chi connectivity index (χ0) is 25.5. The molecule has 1 saturated heterocycles. The van der Waals surface area contributed by atoms with Crippen molar-refractivity contribution in [2.45, 2.75) is 44.9 Å². The summed E-state index contributed by atoms with van der Waals surface area (Å²) in [7, 11) is 1.68. The van der Waals surface area contributed by atoms with Gasteiger partial charge in [0.2, 0.25) is 0 Å². The Morgan fingerprint density at radius 2 is 2.11 bits per heavy atom. The summed E-state index contributed by atoms with van der Waals surface area (Å²) >= 11 is 0. The lowest BCUT2D eigenvalue weighted by Crippen LogP contribution is -2.40. The summed E-state index contributed by atoms with van der Waals surface area (Å²) in [5.74, 6) is -0.360. The van der Waals surface area contributed by atoms with Gasteiger partial charge in [0.1, 0.15) is 22.5 Å².